The molecule has 0 aliphatic carbocycles. The summed E-state index contributed by atoms with van der Waals surface area (Å²) in [6, 6.07) is 12.7. The molecule has 0 amide bonds. The number of rotatable bonds is 4. The summed E-state index contributed by atoms with van der Waals surface area (Å²) in [6.45, 7) is 1.98. The van der Waals surface area contributed by atoms with Gasteiger partial charge in [0.1, 0.15) is 17.0 Å². The van der Waals surface area contributed by atoms with Gasteiger partial charge in [0.2, 0.25) is 0 Å². The number of nitrogens with one attached hydrogen (secondary N) is 2. The Balaban J connectivity index is 1.96. The molecule has 2 atom stereocenters. The number of hydrogen-bond acceptors (Lipinski definition) is 5. The number of fused-ring (bicyclic) bond motifs is 3. The van der Waals surface area contributed by atoms with Crippen molar-refractivity contribution in [3.63, 3.8) is 0 Å². The maximum atomic E-state index is 12.8. The maximum absolute atomic E-state index is 12.8. The van der Waals surface area contributed by atoms with Crippen LogP contribution in [0.25, 0.3) is 10.9 Å². The van der Waals surface area contributed by atoms with Crippen LogP contribution >= 0.6 is 0 Å². The number of carbonyl (C=O) groups excluding carboxylic acids is 1. The summed E-state index contributed by atoms with van der Waals surface area (Å²) in [5, 5.41) is 14.5. The number of aromatic amines is 1. The third-order valence-corrected chi connectivity index (χ3v) is 5.72. The van der Waals surface area contributed by atoms with Gasteiger partial charge in [-0.1, -0.05) is 19.1 Å². The number of H-pyrrole nitrogens is 1. The van der Waals surface area contributed by atoms with Gasteiger partial charge in [-0.15, -0.1) is 0 Å². The molecule has 0 spiro atoms. The highest BCUT2D eigenvalue weighted by Gasteiger charge is 2.46. The molecule has 1 aliphatic heterocycles. The summed E-state index contributed by atoms with van der Waals surface area (Å²) < 4.78 is 10.6. The zero-order valence-corrected chi connectivity index (χ0v) is 16.2. The summed E-state index contributed by atoms with van der Waals surface area (Å²) in [5.74, 6) is 0.661. The molecule has 2 unspecified atom stereocenters. The highest BCUT2D eigenvalue weighted by atomic mass is 16.5. The summed E-state index contributed by atoms with van der Waals surface area (Å²) in [6.07, 6.45) is 1.08. The van der Waals surface area contributed by atoms with Gasteiger partial charge in [0.25, 0.3) is 0 Å². The molecular formula is C22H24N2O4. The molecule has 4 rings (SSSR count). The highest BCUT2D eigenvalue weighted by Crippen LogP contribution is 2.41. The molecule has 146 valence electrons. The largest absolute Gasteiger partial charge is 0.508 e. The summed E-state index contributed by atoms with van der Waals surface area (Å²) in [5.41, 5.74) is 3.06. The standard InChI is InChI=1S/C22H24N2O4/c1-4-22(21(26)28-3)12-17-16-11-15(27-2)8-9-18(16)23-20(17)19(24-22)13-6-5-7-14(25)10-13/h5-11,19,23-25H,4,12H2,1-3H3. The fourth-order valence-electron chi connectivity index (χ4n) is 4.16. The molecule has 2 aromatic carbocycles. The fourth-order valence-corrected chi connectivity index (χ4v) is 4.16. The number of hydrogen-bond donors (Lipinski definition) is 3. The molecule has 0 radical (unpaired) electrons. The quantitative estimate of drug-likeness (QED) is 0.604. The van der Waals surface area contributed by atoms with Gasteiger partial charge in [0.05, 0.1) is 20.3 Å². The van der Waals surface area contributed by atoms with Crippen molar-refractivity contribution in [2.45, 2.75) is 31.3 Å². The minimum atomic E-state index is -0.851. The first kappa shape index (κ1) is 18.4. The van der Waals surface area contributed by atoms with E-state index in [1.54, 1.807) is 25.3 Å². The van der Waals surface area contributed by atoms with Crippen molar-refractivity contribution in [1.82, 2.24) is 10.3 Å². The summed E-state index contributed by atoms with van der Waals surface area (Å²) >= 11 is 0. The van der Waals surface area contributed by atoms with Gasteiger partial charge in [0.15, 0.2) is 0 Å². The molecule has 2 heterocycles. The molecule has 28 heavy (non-hydrogen) atoms. The molecule has 1 aliphatic rings. The monoisotopic (exact) mass is 380 g/mol. The molecule has 6 nitrogen and oxygen atoms in total. The molecule has 3 N–H and O–H groups in total. The highest BCUT2D eigenvalue weighted by molar-refractivity contribution is 5.89. The average Bonchev–Trinajstić information content (AvgIpc) is 3.09. The van der Waals surface area contributed by atoms with E-state index in [1.807, 2.05) is 31.2 Å². The minimum absolute atomic E-state index is 0.185. The lowest BCUT2D eigenvalue weighted by atomic mass is 9.80. The second-order valence-corrected chi connectivity index (χ2v) is 7.21. The van der Waals surface area contributed by atoms with Gasteiger partial charge < -0.3 is 19.6 Å². The van der Waals surface area contributed by atoms with E-state index >= 15 is 0 Å². The van der Waals surface area contributed by atoms with E-state index in [-0.39, 0.29) is 17.8 Å². The van der Waals surface area contributed by atoms with Gasteiger partial charge in [-0.25, -0.2) is 0 Å². The molecule has 6 heteroatoms. The van der Waals surface area contributed by atoms with Gasteiger partial charge in [0, 0.05) is 23.0 Å². The van der Waals surface area contributed by atoms with E-state index in [0.29, 0.717) is 12.8 Å². The Bertz CT molecular complexity index is 1040. The lowest BCUT2D eigenvalue weighted by Gasteiger charge is -2.39. The van der Waals surface area contributed by atoms with Gasteiger partial charge in [-0.2, -0.15) is 0 Å². The number of phenolic OH excluding ortho intramolecular Hbond substituents is 1. The molecule has 0 bridgehead atoms. The predicted molar refractivity (Wildman–Crippen MR) is 107 cm³/mol. The normalized spacial score (nSPS) is 21.3. The van der Waals surface area contributed by atoms with Gasteiger partial charge in [-0.05, 0) is 47.9 Å². The Kier molecular flexibility index (Phi) is 4.51. The van der Waals surface area contributed by atoms with Crippen LogP contribution in [0, 0.1) is 0 Å². The molecular weight excluding hydrogens is 356 g/mol. The van der Waals surface area contributed by atoms with Crippen LogP contribution in [0.1, 0.15) is 36.2 Å². The first-order valence-corrected chi connectivity index (χ1v) is 9.35. The summed E-state index contributed by atoms with van der Waals surface area (Å²) in [7, 11) is 3.06. The van der Waals surface area contributed by atoms with Crippen LogP contribution in [0.5, 0.6) is 11.5 Å². The van der Waals surface area contributed by atoms with Gasteiger partial charge in [-0.3, -0.25) is 10.1 Å². The third-order valence-electron chi connectivity index (χ3n) is 5.72. The SMILES string of the molecule is CCC1(C(=O)OC)Cc2c([nH]c3ccc(OC)cc23)C(c2cccc(O)c2)N1. The van der Waals surface area contributed by atoms with E-state index in [1.165, 1.54) is 7.11 Å². The van der Waals surface area contributed by atoms with Crippen molar-refractivity contribution in [3.05, 3.63) is 59.3 Å². The number of benzene rings is 2. The smallest absolute Gasteiger partial charge is 0.326 e. The zero-order chi connectivity index (χ0) is 19.9. The number of esters is 1. The molecule has 1 aromatic heterocycles. The van der Waals surface area contributed by atoms with Crippen molar-refractivity contribution in [3.8, 4) is 11.5 Å². The zero-order valence-electron chi connectivity index (χ0n) is 16.2. The Morgan fingerprint density at radius 2 is 2.07 bits per heavy atom. The Morgan fingerprint density at radius 1 is 1.25 bits per heavy atom. The summed E-state index contributed by atoms with van der Waals surface area (Å²) in [4.78, 5) is 16.3. The van der Waals surface area contributed by atoms with Crippen molar-refractivity contribution in [1.29, 1.82) is 0 Å². The van der Waals surface area contributed by atoms with Crippen LogP contribution in [-0.4, -0.2) is 35.8 Å². The number of aromatic hydroxyl groups is 1. The van der Waals surface area contributed by atoms with E-state index < -0.39 is 5.54 Å². The van der Waals surface area contributed by atoms with Crippen LogP contribution in [-0.2, 0) is 16.0 Å². The van der Waals surface area contributed by atoms with Crippen LogP contribution in [0.2, 0.25) is 0 Å². The number of aromatic nitrogens is 1. The first-order valence-electron chi connectivity index (χ1n) is 9.35. The van der Waals surface area contributed by atoms with Gasteiger partial charge >= 0.3 is 5.97 Å². The molecule has 0 fully saturated rings. The van der Waals surface area contributed by atoms with E-state index in [2.05, 4.69) is 10.3 Å². The predicted octanol–water partition coefficient (Wildman–Crippen LogP) is 3.44. The number of phenols is 1. The minimum Gasteiger partial charge on any atom is -0.508 e. The van der Waals surface area contributed by atoms with E-state index in [0.717, 1.165) is 33.5 Å². The van der Waals surface area contributed by atoms with Crippen molar-refractivity contribution < 1.29 is 19.4 Å². The van der Waals surface area contributed by atoms with Crippen LogP contribution < -0.4 is 10.1 Å². The topological polar surface area (TPSA) is 83.6 Å². The lowest BCUT2D eigenvalue weighted by molar-refractivity contribution is -0.149. The first-order chi connectivity index (χ1) is 13.5. The average molecular weight is 380 g/mol. The molecule has 0 saturated carbocycles. The molecule has 0 saturated heterocycles. The van der Waals surface area contributed by atoms with Crippen LogP contribution in [0.3, 0.4) is 0 Å². The third kappa shape index (κ3) is 2.81. The van der Waals surface area contributed by atoms with E-state index in [4.69, 9.17) is 9.47 Å². The maximum Gasteiger partial charge on any atom is 0.326 e. The van der Waals surface area contributed by atoms with Crippen molar-refractivity contribution >= 4 is 16.9 Å². The number of methoxy groups -OCH3 is 2. The second-order valence-electron chi connectivity index (χ2n) is 7.21. The number of ether oxygens (including phenoxy) is 2. The molecule has 3 aromatic rings. The number of carbonyl (C=O) groups is 1. The Morgan fingerprint density at radius 3 is 2.75 bits per heavy atom. The van der Waals surface area contributed by atoms with Crippen LogP contribution in [0.4, 0.5) is 0 Å². The lowest BCUT2D eigenvalue weighted by Crippen LogP contribution is -2.57. The Hall–Kier alpha value is -2.99. The second kappa shape index (κ2) is 6.87. The fraction of sp³-hybridized carbons (Fsp3) is 0.318. The Labute approximate surface area is 163 Å². The van der Waals surface area contributed by atoms with Crippen LogP contribution in [0.15, 0.2) is 42.5 Å². The van der Waals surface area contributed by atoms with Crippen molar-refractivity contribution in [2.24, 2.45) is 0 Å². The van der Waals surface area contributed by atoms with E-state index in [9.17, 15) is 9.90 Å². The van der Waals surface area contributed by atoms with Crippen molar-refractivity contribution in [2.75, 3.05) is 14.2 Å².